The number of piperidine rings is 1. The van der Waals surface area contributed by atoms with Gasteiger partial charge < -0.3 is 10.0 Å². The fraction of sp³-hybridized carbons (Fsp3) is 0.600. The topological polar surface area (TPSA) is 23.5 Å². The lowest BCUT2D eigenvalue weighted by Crippen LogP contribution is -2.42. The molecule has 3 atom stereocenters. The monoisotopic (exact) mass is 433 g/mol. The fourth-order valence-electron chi connectivity index (χ4n) is 4.82. The Morgan fingerprint density at radius 1 is 0.964 bits per heavy atom. The number of fused-ring (bicyclic) bond motifs is 2. The van der Waals surface area contributed by atoms with Crippen LogP contribution in [-0.4, -0.2) is 29.1 Å². The zero-order chi connectivity index (χ0) is 20.1. The minimum absolute atomic E-state index is 0.109. The Balaban J connectivity index is 1.66. The Morgan fingerprint density at radius 2 is 1.43 bits per heavy atom. The number of rotatable bonds is 6. The van der Waals surface area contributed by atoms with E-state index in [9.17, 15) is 22.7 Å². The number of hydrogen-bond donors (Lipinski definition) is 1. The van der Waals surface area contributed by atoms with Crippen LogP contribution in [0.1, 0.15) is 64.5 Å². The summed E-state index contributed by atoms with van der Waals surface area (Å²) in [7, 11) is 2.13. The first kappa shape index (κ1) is 20.3. The second-order valence-corrected chi connectivity index (χ2v) is 10.2. The lowest BCUT2D eigenvalue weighted by atomic mass is 9.80. The Bertz CT molecular complexity index is 760. The molecule has 4 rings (SSSR count). The summed E-state index contributed by atoms with van der Waals surface area (Å²) < 4.78 is 52.5. The van der Waals surface area contributed by atoms with Crippen LogP contribution in [-0.2, 0) is 5.60 Å². The molecule has 0 saturated carbocycles. The largest absolute Gasteiger partial charge is 0.379 e. The first-order valence-corrected chi connectivity index (χ1v) is 11.1. The molecule has 0 aliphatic carbocycles. The van der Waals surface area contributed by atoms with E-state index in [4.69, 9.17) is 0 Å². The van der Waals surface area contributed by atoms with Crippen LogP contribution in [0.5, 0.6) is 0 Å². The van der Waals surface area contributed by atoms with E-state index in [0.29, 0.717) is 28.3 Å². The van der Waals surface area contributed by atoms with Crippen molar-refractivity contribution in [3.8, 4) is 0 Å². The predicted molar refractivity (Wildman–Crippen MR) is 103 cm³/mol. The van der Waals surface area contributed by atoms with Crippen molar-refractivity contribution in [2.45, 2.75) is 62.6 Å². The van der Waals surface area contributed by atoms with Crippen molar-refractivity contribution in [2.75, 3.05) is 7.05 Å². The molecule has 2 aromatic rings. The second-order valence-electron chi connectivity index (χ2n) is 7.96. The normalized spacial score (nSPS) is 25.9. The van der Waals surface area contributed by atoms with Gasteiger partial charge in [-0.05, 0) is 69.3 Å². The summed E-state index contributed by atoms with van der Waals surface area (Å²) in [6, 6.07) is 6.67. The summed E-state index contributed by atoms with van der Waals surface area (Å²) in [6.45, 7) is 0. The van der Waals surface area contributed by atoms with Gasteiger partial charge in [-0.15, -0.1) is 22.7 Å². The van der Waals surface area contributed by atoms with E-state index < -0.39 is 18.5 Å². The molecule has 2 aliphatic heterocycles. The minimum Gasteiger partial charge on any atom is -0.379 e. The average Bonchev–Trinajstić information content (AvgIpc) is 3.35. The molecule has 8 heteroatoms. The van der Waals surface area contributed by atoms with Crippen molar-refractivity contribution in [3.05, 3.63) is 43.8 Å². The zero-order valence-corrected chi connectivity index (χ0v) is 17.1. The maximum atomic E-state index is 13.1. The Labute approximate surface area is 169 Å². The minimum atomic E-state index is -2.61. The molecule has 28 heavy (non-hydrogen) atoms. The SMILES string of the molecule is CN1[C@@H]2CC[C@H]1C[C@@H](CC(O)(c1ccc(C(F)F)s1)c1ccc(C(F)F)s1)C2. The van der Waals surface area contributed by atoms with Gasteiger partial charge in [0.25, 0.3) is 12.9 Å². The Hall–Kier alpha value is -0.960. The summed E-state index contributed by atoms with van der Waals surface area (Å²) >= 11 is 1.75. The van der Waals surface area contributed by atoms with Crippen molar-refractivity contribution in [1.82, 2.24) is 4.90 Å². The van der Waals surface area contributed by atoms with Gasteiger partial charge in [-0.25, -0.2) is 17.6 Å². The highest BCUT2D eigenvalue weighted by Crippen LogP contribution is 2.48. The molecule has 0 radical (unpaired) electrons. The van der Waals surface area contributed by atoms with Gasteiger partial charge in [-0.3, -0.25) is 0 Å². The van der Waals surface area contributed by atoms with E-state index in [-0.39, 0.29) is 15.7 Å². The highest BCUT2D eigenvalue weighted by atomic mass is 32.1. The first-order valence-electron chi connectivity index (χ1n) is 9.49. The van der Waals surface area contributed by atoms with Gasteiger partial charge in [0, 0.05) is 21.8 Å². The van der Waals surface area contributed by atoms with Crippen molar-refractivity contribution < 1.29 is 22.7 Å². The summed E-state index contributed by atoms with van der Waals surface area (Å²) in [6.07, 6.45) is -0.687. The van der Waals surface area contributed by atoms with Crippen molar-refractivity contribution in [3.63, 3.8) is 0 Å². The molecule has 2 nitrogen and oxygen atoms in total. The average molecular weight is 434 g/mol. The lowest BCUT2D eigenvalue weighted by Gasteiger charge is -2.39. The van der Waals surface area contributed by atoms with Crippen molar-refractivity contribution in [2.24, 2.45) is 5.92 Å². The van der Waals surface area contributed by atoms with Crippen LogP contribution in [0.25, 0.3) is 0 Å². The van der Waals surface area contributed by atoms with Gasteiger partial charge in [0.15, 0.2) is 0 Å². The standard InChI is InChI=1S/C20H23F4NOS2/c1-25-12-2-3-13(25)9-11(8-12)10-20(26,16-6-4-14(27-16)18(21)22)17-7-5-15(28-17)19(23)24/h4-7,11-13,18-19,26H,2-3,8-10H2,1H3/t11-,12+,13-. The molecular formula is C20H23F4NOS2. The molecule has 1 N–H and O–H groups in total. The number of aliphatic hydroxyl groups is 1. The molecule has 2 saturated heterocycles. The van der Waals surface area contributed by atoms with E-state index in [1.54, 1.807) is 0 Å². The number of hydrogen-bond acceptors (Lipinski definition) is 4. The number of thiophene rings is 2. The molecule has 2 aromatic heterocycles. The van der Waals surface area contributed by atoms with E-state index in [0.717, 1.165) is 48.4 Å². The summed E-state index contributed by atoms with van der Waals surface area (Å²) in [4.78, 5) is 3.01. The van der Waals surface area contributed by atoms with Crippen LogP contribution in [0.3, 0.4) is 0 Å². The molecule has 0 aromatic carbocycles. The van der Waals surface area contributed by atoms with Gasteiger partial charge in [-0.2, -0.15) is 0 Å². The molecule has 0 amide bonds. The number of nitrogens with zero attached hydrogens (tertiary/aromatic N) is 1. The molecule has 4 heterocycles. The highest BCUT2D eigenvalue weighted by molar-refractivity contribution is 7.13. The molecule has 0 spiro atoms. The van der Waals surface area contributed by atoms with Gasteiger partial charge in [-0.1, -0.05) is 0 Å². The van der Waals surface area contributed by atoms with E-state index in [2.05, 4.69) is 11.9 Å². The van der Waals surface area contributed by atoms with Crippen LogP contribution < -0.4 is 0 Å². The van der Waals surface area contributed by atoms with Crippen LogP contribution in [0.2, 0.25) is 0 Å². The quantitative estimate of drug-likeness (QED) is 0.550. The first-order chi connectivity index (χ1) is 13.3. The third-order valence-corrected chi connectivity index (χ3v) is 8.77. The smallest absolute Gasteiger partial charge is 0.272 e. The van der Waals surface area contributed by atoms with Gasteiger partial charge in [0.05, 0.1) is 9.75 Å². The van der Waals surface area contributed by atoms with Gasteiger partial charge >= 0.3 is 0 Å². The predicted octanol–water partition coefficient (Wildman–Crippen LogP) is 6.18. The Kier molecular flexibility index (Phi) is 5.59. The van der Waals surface area contributed by atoms with Crippen LogP contribution in [0.4, 0.5) is 17.6 Å². The maximum absolute atomic E-state index is 13.1. The Morgan fingerprint density at radius 3 is 1.82 bits per heavy atom. The van der Waals surface area contributed by atoms with E-state index >= 15 is 0 Å². The zero-order valence-electron chi connectivity index (χ0n) is 15.5. The lowest BCUT2D eigenvalue weighted by molar-refractivity contribution is 0.0321. The van der Waals surface area contributed by atoms with E-state index in [1.807, 2.05) is 0 Å². The molecule has 2 bridgehead atoms. The summed E-state index contributed by atoms with van der Waals surface area (Å²) in [5, 5.41) is 11.7. The second kappa shape index (κ2) is 7.70. The van der Waals surface area contributed by atoms with Crippen LogP contribution >= 0.6 is 22.7 Å². The summed E-state index contributed by atoms with van der Waals surface area (Å²) in [5.41, 5.74) is -1.50. The third kappa shape index (κ3) is 3.64. The highest BCUT2D eigenvalue weighted by Gasteiger charge is 2.44. The fourth-order valence-corrected chi connectivity index (χ4v) is 6.84. The van der Waals surface area contributed by atoms with E-state index in [1.165, 1.54) is 24.3 Å². The van der Waals surface area contributed by atoms with Crippen LogP contribution in [0.15, 0.2) is 24.3 Å². The molecule has 2 aliphatic rings. The molecular weight excluding hydrogens is 410 g/mol. The number of halogens is 4. The van der Waals surface area contributed by atoms with Crippen LogP contribution in [0, 0.1) is 5.92 Å². The van der Waals surface area contributed by atoms with Crippen molar-refractivity contribution in [1.29, 1.82) is 0 Å². The molecule has 154 valence electrons. The van der Waals surface area contributed by atoms with Gasteiger partial charge in [0.2, 0.25) is 0 Å². The van der Waals surface area contributed by atoms with Crippen molar-refractivity contribution >= 4 is 22.7 Å². The van der Waals surface area contributed by atoms with Gasteiger partial charge in [0.1, 0.15) is 5.60 Å². The maximum Gasteiger partial charge on any atom is 0.272 e. The molecule has 2 fully saturated rings. The molecule has 0 unspecified atom stereocenters. The number of alkyl halides is 4. The third-order valence-electron chi connectivity index (χ3n) is 6.28. The summed E-state index contributed by atoms with van der Waals surface area (Å²) in [5.74, 6) is 0.230.